The number of carbonyl (C=O) groups excluding carboxylic acids is 1. The highest BCUT2D eigenvalue weighted by molar-refractivity contribution is 7.99. The fraction of sp³-hybridized carbons (Fsp3) is 0.304. The first kappa shape index (κ1) is 22.3. The molecule has 7 nitrogen and oxygen atoms in total. The molecular weight excluding hydrogens is 442 g/mol. The molecule has 3 aromatic heterocycles. The average Bonchev–Trinajstić information content (AvgIpc) is 3.55. The second kappa shape index (κ2) is 11.1. The van der Waals surface area contributed by atoms with Gasteiger partial charge in [0.2, 0.25) is 11.7 Å². The third-order valence-electron chi connectivity index (χ3n) is 4.78. The maximum atomic E-state index is 12.3. The van der Waals surface area contributed by atoms with E-state index in [2.05, 4.69) is 38.0 Å². The van der Waals surface area contributed by atoms with Crippen LogP contribution in [0.25, 0.3) is 11.6 Å². The molecule has 0 radical (unpaired) electrons. The van der Waals surface area contributed by atoms with Crippen LogP contribution < -0.4 is 5.32 Å². The van der Waals surface area contributed by atoms with Crippen LogP contribution in [0.5, 0.6) is 0 Å². The molecule has 0 spiro atoms. The number of rotatable bonds is 11. The van der Waals surface area contributed by atoms with Gasteiger partial charge in [0, 0.05) is 17.6 Å². The first-order valence-corrected chi connectivity index (χ1v) is 12.4. The maximum absolute atomic E-state index is 12.3. The zero-order valence-corrected chi connectivity index (χ0v) is 19.5. The van der Waals surface area contributed by atoms with Crippen molar-refractivity contribution >= 4 is 29.0 Å². The van der Waals surface area contributed by atoms with Gasteiger partial charge in [0.1, 0.15) is 0 Å². The molecule has 0 aliphatic heterocycles. The van der Waals surface area contributed by atoms with Crippen LogP contribution in [0.2, 0.25) is 0 Å². The first-order valence-electron chi connectivity index (χ1n) is 10.5. The van der Waals surface area contributed by atoms with Gasteiger partial charge in [0.05, 0.1) is 23.6 Å². The van der Waals surface area contributed by atoms with Gasteiger partial charge in [-0.25, -0.2) is 4.98 Å². The Hall–Kier alpha value is -2.91. The second-order valence-electron chi connectivity index (χ2n) is 7.33. The summed E-state index contributed by atoms with van der Waals surface area (Å²) in [6, 6.07) is 13.8. The minimum absolute atomic E-state index is 0.00565. The van der Waals surface area contributed by atoms with Gasteiger partial charge in [0.25, 0.3) is 0 Å². The van der Waals surface area contributed by atoms with E-state index in [1.54, 1.807) is 17.6 Å². The lowest BCUT2D eigenvalue weighted by molar-refractivity contribution is -0.118. The van der Waals surface area contributed by atoms with E-state index in [0.717, 1.165) is 35.5 Å². The molecule has 166 valence electrons. The van der Waals surface area contributed by atoms with Crippen molar-refractivity contribution in [2.45, 2.75) is 37.9 Å². The third kappa shape index (κ3) is 6.08. The summed E-state index contributed by atoms with van der Waals surface area (Å²) in [5.74, 6) is 1.59. The Morgan fingerprint density at radius 1 is 1.16 bits per heavy atom. The minimum Gasteiger partial charge on any atom is -0.461 e. The molecule has 1 amide bonds. The topological polar surface area (TPSA) is 85.8 Å². The van der Waals surface area contributed by atoms with Crippen LogP contribution in [0.4, 0.5) is 0 Å². The zero-order valence-electron chi connectivity index (χ0n) is 17.9. The number of thiazole rings is 1. The lowest BCUT2D eigenvalue weighted by atomic mass is 10.2. The van der Waals surface area contributed by atoms with Gasteiger partial charge in [-0.15, -0.1) is 21.5 Å². The molecule has 0 aliphatic carbocycles. The number of hydrogen-bond donors (Lipinski definition) is 1. The van der Waals surface area contributed by atoms with Crippen LogP contribution in [0.1, 0.15) is 29.1 Å². The molecule has 32 heavy (non-hydrogen) atoms. The van der Waals surface area contributed by atoms with E-state index in [-0.39, 0.29) is 11.7 Å². The molecule has 0 aliphatic rings. The summed E-state index contributed by atoms with van der Waals surface area (Å²) in [5.41, 5.74) is 2.20. The summed E-state index contributed by atoms with van der Waals surface area (Å²) in [6.45, 7) is 3.28. The standard InChI is InChI=1S/C23H25N5O2S2/c1-17-15-31-21(25-17)11-5-6-12-24-20(29)16-32-23-27-26-22(19-10-7-13-30-19)28(23)14-18-8-3-2-4-9-18/h2-4,7-10,13,15H,5-6,11-12,14,16H2,1H3,(H,24,29). The molecule has 1 N–H and O–H groups in total. The third-order valence-corrected chi connectivity index (χ3v) is 6.77. The number of amides is 1. The number of thioether (sulfide) groups is 1. The summed E-state index contributed by atoms with van der Waals surface area (Å²) >= 11 is 3.08. The predicted molar refractivity (Wildman–Crippen MR) is 127 cm³/mol. The summed E-state index contributed by atoms with van der Waals surface area (Å²) in [6.07, 6.45) is 4.52. The van der Waals surface area contributed by atoms with Crippen LogP contribution >= 0.6 is 23.1 Å². The smallest absolute Gasteiger partial charge is 0.230 e. The number of unbranched alkanes of at least 4 members (excludes halogenated alkanes) is 1. The quantitative estimate of drug-likeness (QED) is 0.257. The van der Waals surface area contributed by atoms with E-state index in [9.17, 15) is 4.79 Å². The van der Waals surface area contributed by atoms with E-state index in [1.165, 1.54) is 11.8 Å². The SMILES string of the molecule is Cc1csc(CCCCNC(=O)CSc2nnc(-c3ccco3)n2Cc2ccccc2)n1. The summed E-state index contributed by atoms with van der Waals surface area (Å²) in [5, 5.41) is 15.5. The second-order valence-corrected chi connectivity index (χ2v) is 9.22. The maximum Gasteiger partial charge on any atom is 0.230 e. The molecule has 0 saturated heterocycles. The Balaban J connectivity index is 1.30. The van der Waals surface area contributed by atoms with Crippen LogP contribution in [-0.4, -0.2) is 38.0 Å². The van der Waals surface area contributed by atoms with Crippen LogP contribution in [0, 0.1) is 6.92 Å². The fourth-order valence-electron chi connectivity index (χ4n) is 3.22. The highest BCUT2D eigenvalue weighted by atomic mass is 32.2. The fourth-order valence-corrected chi connectivity index (χ4v) is 4.81. The number of furan rings is 1. The van der Waals surface area contributed by atoms with Crippen molar-refractivity contribution in [3.05, 3.63) is 70.4 Å². The predicted octanol–water partition coefficient (Wildman–Crippen LogP) is 4.58. The normalized spacial score (nSPS) is 11.0. The number of benzene rings is 1. The van der Waals surface area contributed by atoms with E-state index in [0.29, 0.717) is 29.8 Å². The highest BCUT2D eigenvalue weighted by Crippen LogP contribution is 2.25. The van der Waals surface area contributed by atoms with Crippen molar-refractivity contribution in [2.24, 2.45) is 0 Å². The van der Waals surface area contributed by atoms with Crippen LogP contribution in [-0.2, 0) is 17.8 Å². The number of aromatic nitrogens is 4. The van der Waals surface area contributed by atoms with Gasteiger partial charge in [0.15, 0.2) is 10.9 Å². The van der Waals surface area contributed by atoms with Gasteiger partial charge in [-0.2, -0.15) is 0 Å². The molecule has 0 atom stereocenters. The lowest BCUT2D eigenvalue weighted by Crippen LogP contribution is -2.26. The Kier molecular flexibility index (Phi) is 7.73. The monoisotopic (exact) mass is 467 g/mol. The Morgan fingerprint density at radius 2 is 2.03 bits per heavy atom. The molecule has 9 heteroatoms. The average molecular weight is 468 g/mol. The minimum atomic E-state index is -0.00565. The van der Waals surface area contributed by atoms with E-state index in [4.69, 9.17) is 4.42 Å². The van der Waals surface area contributed by atoms with Crippen molar-refractivity contribution in [3.8, 4) is 11.6 Å². The summed E-state index contributed by atoms with van der Waals surface area (Å²) < 4.78 is 7.52. The molecule has 0 saturated carbocycles. The largest absolute Gasteiger partial charge is 0.461 e. The van der Waals surface area contributed by atoms with Crippen molar-refractivity contribution in [3.63, 3.8) is 0 Å². The van der Waals surface area contributed by atoms with Gasteiger partial charge in [-0.05, 0) is 43.9 Å². The van der Waals surface area contributed by atoms with Crippen LogP contribution in [0.3, 0.4) is 0 Å². The molecule has 0 bridgehead atoms. The molecule has 0 unspecified atom stereocenters. The van der Waals surface area contributed by atoms with Gasteiger partial charge >= 0.3 is 0 Å². The Labute approximate surface area is 195 Å². The molecular formula is C23H25N5O2S2. The Morgan fingerprint density at radius 3 is 2.78 bits per heavy atom. The molecule has 4 aromatic rings. The van der Waals surface area contributed by atoms with Crippen LogP contribution in [0.15, 0.2) is 63.7 Å². The van der Waals surface area contributed by atoms with E-state index in [1.807, 2.05) is 41.8 Å². The molecule has 4 rings (SSSR count). The number of nitrogens with one attached hydrogen (secondary N) is 1. The van der Waals surface area contributed by atoms with Crippen molar-refractivity contribution in [1.82, 2.24) is 25.1 Å². The number of hydrogen-bond acceptors (Lipinski definition) is 7. The first-order chi connectivity index (χ1) is 15.7. The van der Waals surface area contributed by atoms with E-state index >= 15 is 0 Å². The number of aryl methyl sites for hydroxylation is 2. The zero-order chi connectivity index (χ0) is 22.2. The summed E-state index contributed by atoms with van der Waals surface area (Å²) in [7, 11) is 0. The summed E-state index contributed by atoms with van der Waals surface area (Å²) in [4.78, 5) is 16.8. The van der Waals surface area contributed by atoms with Crippen molar-refractivity contribution < 1.29 is 9.21 Å². The lowest BCUT2D eigenvalue weighted by Gasteiger charge is -2.09. The van der Waals surface area contributed by atoms with Crippen molar-refractivity contribution in [1.29, 1.82) is 0 Å². The molecule has 3 heterocycles. The van der Waals surface area contributed by atoms with E-state index < -0.39 is 0 Å². The van der Waals surface area contributed by atoms with Gasteiger partial charge in [-0.1, -0.05) is 42.1 Å². The van der Waals surface area contributed by atoms with Crippen molar-refractivity contribution in [2.75, 3.05) is 12.3 Å². The highest BCUT2D eigenvalue weighted by Gasteiger charge is 2.17. The van der Waals surface area contributed by atoms with Gasteiger partial charge in [-0.3, -0.25) is 9.36 Å². The molecule has 1 aromatic carbocycles. The number of nitrogens with zero attached hydrogens (tertiary/aromatic N) is 4. The number of carbonyl (C=O) groups is 1. The molecule has 0 fully saturated rings. The Bertz CT molecular complexity index is 1120. The van der Waals surface area contributed by atoms with Gasteiger partial charge < -0.3 is 9.73 Å².